The number of aromatic nitrogens is 1. The van der Waals surface area contributed by atoms with E-state index < -0.39 is 0 Å². The van der Waals surface area contributed by atoms with Gasteiger partial charge in [0.2, 0.25) is 0 Å². The summed E-state index contributed by atoms with van der Waals surface area (Å²) in [7, 11) is 2.45. The van der Waals surface area contributed by atoms with E-state index in [1.54, 1.807) is 0 Å². The Labute approximate surface area is 392 Å². The van der Waals surface area contributed by atoms with E-state index >= 15 is 0 Å². The summed E-state index contributed by atoms with van der Waals surface area (Å²) < 4.78 is 9.54. The minimum atomic E-state index is 0.0545. The SMILES string of the molecule is Cc1ccc(Nc2cc3oc4cc5c(cc4c3cc2-c2cc(N(c3ccccc3)c3ccccc3)c3c4c6ccccc6ccc4n4c3c2[B]c2cc(C)ccc2-4)C(C)(C)CCC5(C)C)cc1. The van der Waals surface area contributed by atoms with Crippen molar-refractivity contribution in [2.24, 2.45) is 0 Å². The van der Waals surface area contributed by atoms with Crippen LogP contribution in [0.25, 0.3) is 71.3 Å². The van der Waals surface area contributed by atoms with Crippen LogP contribution in [0.3, 0.4) is 0 Å². The van der Waals surface area contributed by atoms with Gasteiger partial charge < -0.3 is 19.2 Å². The highest BCUT2D eigenvalue weighted by atomic mass is 16.3. The van der Waals surface area contributed by atoms with Gasteiger partial charge >= 0.3 is 0 Å². The number of rotatable bonds is 6. The molecule has 5 heteroatoms. The summed E-state index contributed by atoms with van der Waals surface area (Å²) in [6.45, 7) is 13.9. The molecule has 67 heavy (non-hydrogen) atoms. The highest BCUT2D eigenvalue weighted by molar-refractivity contribution is 6.74. The van der Waals surface area contributed by atoms with Gasteiger partial charge in [0.15, 0.2) is 7.28 Å². The molecular formula is C62H51BN3O. The molecule has 2 aromatic heterocycles. The summed E-state index contributed by atoms with van der Waals surface area (Å²) in [5.41, 5.74) is 20.8. The maximum absolute atomic E-state index is 6.98. The Kier molecular flexibility index (Phi) is 8.62. The van der Waals surface area contributed by atoms with E-state index in [1.807, 2.05) is 0 Å². The van der Waals surface area contributed by atoms with Crippen LogP contribution < -0.4 is 21.1 Å². The van der Waals surface area contributed by atoms with E-state index in [1.165, 1.54) is 76.8 Å². The fraction of sp³-hybridized carbons (Fsp3) is 0.161. The van der Waals surface area contributed by atoms with Crippen LogP contribution >= 0.6 is 0 Å². The quantitative estimate of drug-likeness (QED) is 0.169. The molecule has 0 bridgehead atoms. The second kappa shape index (κ2) is 14.5. The fourth-order valence-corrected chi connectivity index (χ4v) is 11.5. The van der Waals surface area contributed by atoms with Crippen molar-refractivity contribution in [3.05, 3.63) is 192 Å². The molecule has 4 nitrogen and oxygen atoms in total. The number of para-hydroxylation sites is 2. The zero-order valence-corrected chi connectivity index (χ0v) is 39.0. The lowest BCUT2D eigenvalue weighted by molar-refractivity contribution is 0.332. The van der Waals surface area contributed by atoms with Crippen LogP contribution in [-0.2, 0) is 10.8 Å². The maximum atomic E-state index is 6.98. The van der Waals surface area contributed by atoms with Crippen LogP contribution in [0.15, 0.2) is 174 Å². The van der Waals surface area contributed by atoms with Crippen molar-refractivity contribution in [2.45, 2.75) is 65.2 Å². The molecule has 3 heterocycles. The summed E-state index contributed by atoms with van der Waals surface area (Å²) in [5.74, 6) is 0. The van der Waals surface area contributed by atoms with Crippen molar-refractivity contribution in [1.82, 2.24) is 4.57 Å². The number of fused-ring (bicyclic) bond motifs is 11. The standard InChI is InChI=1S/C62H51BN3O/c1-37-21-25-40(26-22-37)64-51-36-56-45(46-33-48-49(35-55(46)67-56)62(5,6)30-29-61(48,3)4)32-44(51)47-34-54(65(41-16-9-7-10-17-41)42-18-11-8-12-19-42)58-57-43-20-14-13-15-39(43)24-28-53(57)66-52-27-23-38(2)31-50(52)63-59(47)60(58)66/h7-28,31-36,64H,29-30H2,1-6H3. The minimum Gasteiger partial charge on any atom is -0.456 e. The summed E-state index contributed by atoms with van der Waals surface area (Å²) >= 11 is 0. The lowest BCUT2D eigenvalue weighted by atomic mass is 9.58. The maximum Gasteiger partial charge on any atom is 0.197 e. The van der Waals surface area contributed by atoms with Crippen LogP contribution in [-0.4, -0.2) is 11.8 Å². The van der Waals surface area contributed by atoms with Gasteiger partial charge in [0.05, 0.1) is 22.4 Å². The molecule has 0 atom stereocenters. The highest BCUT2D eigenvalue weighted by Gasteiger charge is 2.38. The first-order valence-electron chi connectivity index (χ1n) is 23.8. The number of benzene rings is 9. The predicted molar refractivity (Wildman–Crippen MR) is 285 cm³/mol. The van der Waals surface area contributed by atoms with Crippen molar-refractivity contribution < 1.29 is 4.42 Å². The number of hydrogen-bond donors (Lipinski definition) is 1. The van der Waals surface area contributed by atoms with Crippen LogP contribution in [0.1, 0.15) is 62.8 Å². The van der Waals surface area contributed by atoms with Crippen LogP contribution in [0, 0.1) is 13.8 Å². The molecule has 9 aromatic carbocycles. The Balaban J connectivity index is 1.21. The third-order valence-electron chi connectivity index (χ3n) is 15.1. The van der Waals surface area contributed by atoms with Gasteiger partial charge in [-0.15, -0.1) is 0 Å². The molecular weight excluding hydrogens is 814 g/mol. The molecule has 1 aliphatic heterocycles. The summed E-state index contributed by atoms with van der Waals surface area (Å²) in [4.78, 5) is 2.47. The van der Waals surface area contributed by atoms with Crippen molar-refractivity contribution in [3.8, 4) is 16.8 Å². The van der Waals surface area contributed by atoms with Crippen molar-refractivity contribution in [1.29, 1.82) is 0 Å². The third kappa shape index (κ3) is 6.13. The normalized spacial score (nSPS) is 14.7. The van der Waals surface area contributed by atoms with Crippen LogP contribution in [0.5, 0.6) is 0 Å². The summed E-state index contributed by atoms with van der Waals surface area (Å²) in [6.07, 6.45) is 2.30. The van der Waals surface area contributed by atoms with E-state index in [0.29, 0.717) is 0 Å². The van der Waals surface area contributed by atoms with Gasteiger partial charge in [0, 0.05) is 55.9 Å². The lowest BCUT2D eigenvalue weighted by Crippen LogP contribution is -2.37. The molecule has 0 unspecified atom stereocenters. The fourth-order valence-electron chi connectivity index (χ4n) is 11.5. The average Bonchev–Trinajstić information content (AvgIpc) is 3.88. The number of hydrogen-bond acceptors (Lipinski definition) is 3. The molecule has 0 spiro atoms. The van der Waals surface area contributed by atoms with Gasteiger partial charge in [-0.05, 0) is 143 Å². The topological polar surface area (TPSA) is 33.3 Å². The first-order valence-corrected chi connectivity index (χ1v) is 23.8. The number of nitrogens with zero attached hydrogens (tertiary/aromatic N) is 2. The molecule has 0 saturated carbocycles. The second-order valence-corrected chi connectivity index (χ2v) is 20.5. The molecule has 0 saturated heterocycles. The van der Waals surface area contributed by atoms with Crippen molar-refractivity contribution in [2.75, 3.05) is 10.2 Å². The molecule has 13 rings (SSSR count). The Hall–Kier alpha value is -7.50. The second-order valence-electron chi connectivity index (χ2n) is 20.5. The summed E-state index contributed by atoms with van der Waals surface area (Å²) in [6, 6.07) is 62.9. The first-order chi connectivity index (χ1) is 32.5. The molecule has 1 N–H and O–H groups in total. The van der Waals surface area contributed by atoms with Crippen molar-refractivity contribution >= 4 is 101 Å². The van der Waals surface area contributed by atoms with Crippen LogP contribution in [0.4, 0.5) is 28.4 Å². The van der Waals surface area contributed by atoms with Gasteiger partial charge in [-0.1, -0.05) is 135 Å². The number of aryl methyl sites for hydroxylation is 2. The molecule has 1 radical (unpaired) electrons. The number of furan rings is 1. The highest BCUT2D eigenvalue weighted by Crippen LogP contribution is 2.51. The molecule has 323 valence electrons. The molecule has 11 aromatic rings. The molecule has 0 amide bonds. The van der Waals surface area contributed by atoms with E-state index in [9.17, 15) is 0 Å². The monoisotopic (exact) mass is 864 g/mol. The molecule has 0 fully saturated rings. The minimum absolute atomic E-state index is 0.0545. The molecule has 2 aliphatic rings. The van der Waals surface area contributed by atoms with E-state index in [0.717, 1.165) is 69.0 Å². The number of anilines is 5. The van der Waals surface area contributed by atoms with Crippen LogP contribution in [0.2, 0.25) is 0 Å². The lowest BCUT2D eigenvalue weighted by Gasteiger charge is -2.41. The Bertz CT molecular complexity index is 3780. The smallest absolute Gasteiger partial charge is 0.197 e. The van der Waals surface area contributed by atoms with Gasteiger partial charge in [-0.2, -0.15) is 0 Å². The third-order valence-corrected chi connectivity index (χ3v) is 15.1. The zero-order chi connectivity index (χ0) is 45.3. The Morgan fingerprint density at radius 3 is 1.94 bits per heavy atom. The van der Waals surface area contributed by atoms with Gasteiger partial charge in [0.25, 0.3) is 0 Å². The molecule has 1 aliphatic carbocycles. The number of nitrogens with one attached hydrogen (secondary N) is 1. The largest absolute Gasteiger partial charge is 0.456 e. The average molecular weight is 865 g/mol. The Morgan fingerprint density at radius 2 is 1.21 bits per heavy atom. The zero-order valence-electron chi connectivity index (χ0n) is 39.0. The predicted octanol–water partition coefficient (Wildman–Crippen LogP) is 15.7. The van der Waals surface area contributed by atoms with E-state index in [2.05, 4.69) is 233 Å². The van der Waals surface area contributed by atoms with Gasteiger partial charge in [-0.25, -0.2) is 0 Å². The van der Waals surface area contributed by atoms with Gasteiger partial charge in [-0.3, -0.25) is 0 Å². The van der Waals surface area contributed by atoms with Crippen molar-refractivity contribution in [3.63, 3.8) is 0 Å². The summed E-state index contributed by atoms with van der Waals surface area (Å²) in [5, 5.41) is 11.2. The van der Waals surface area contributed by atoms with Gasteiger partial charge in [0.1, 0.15) is 11.2 Å². The van der Waals surface area contributed by atoms with E-state index in [-0.39, 0.29) is 10.8 Å². The van der Waals surface area contributed by atoms with E-state index in [4.69, 9.17) is 4.42 Å². The first kappa shape index (κ1) is 39.8. The Morgan fingerprint density at radius 1 is 0.567 bits per heavy atom.